The minimum absolute atomic E-state index is 0.0514. The number of carbonyl (C=O) groups excluding carboxylic acids is 3. The number of allylic oxidation sites excluding steroid dienone is 3. The molecule has 12 nitrogen and oxygen atoms in total. The summed E-state index contributed by atoms with van der Waals surface area (Å²) in [5, 5.41) is 18.3. The number of hydrogen-bond acceptors (Lipinski definition) is 8. The third-order valence-electron chi connectivity index (χ3n) is 3.85. The van der Waals surface area contributed by atoms with Crippen molar-refractivity contribution in [2.24, 2.45) is 15.3 Å². The molecule has 0 saturated carbocycles. The van der Waals surface area contributed by atoms with Crippen molar-refractivity contribution in [2.45, 2.75) is 38.5 Å². The highest BCUT2D eigenvalue weighted by molar-refractivity contribution is 6.20. The van der Waals surface area contributed by atoms with Crippen LogP contribution in [0.4, 0.5) is 0 Å². The first-order valence-electron chi connectivity index (χ1n) is 8.56. The summed E-state index contributed by atoms with van der Waals surface area (Å²) < 4.78 is 0. The molecule has 0 aromatic heterocycles. The Bertz CT molecular complexity index is 796. The Balaban J connectivity index is 1.73. The summed E-state index contributed by atoms with van der Waals surface area (Å²) in [4.78, 5) is 53.9. The number of rotatable bonds is 9. The molecule has 0 bridgehead atoms. The smallest absolute Gasteiger partial charge is 0.330 e. The zero-order valence-electron chi connectivity index (χ0n) is 14.9. The Morgan fingerprint density at radius 1 is 1.21 bits per heavy atom. The van der Waals surface area contributed by atoms with E-state index >= 15 is 0 Å². The summed E-state index contributed by atoms with van der Waals surface area (Å²) in [6.07, 6.45) is 6.04. The maximum Gasteiger partial charge on any atom is 0.333 e. The van der Waals surface area contributed by atoms with Gasteiger partial charge in [-0.05, 0) is 25.0 Å². The Morgan fingerprint density at radius 2 is 1.93 bits per heavy atom. The molecule has 0 unspecified atom stereocenters. The number of nitro groups is 1. The predicted molar refractivity (Wildman–Crippen MR) is 94.0 cm³/mol. The minimum Gasteiger partial charge on any atom is -0.330 e. The van der Waals surface area contributed by atoms with E-state index in [-0.39, 0.29) is 36.4 Å². The summed E-state index contributed by atoms with van der Waals surface area (Å²) >= 11 is 0. The molecule has 1 saturated heterocycles. The van der Waals surface area contributed by atoms with Crippen LogP contribution in [0.5, 0.6) is 0 Å². The van der Waals surface area contributed by atoms with Gasteiger partial charge in [-0.2, -0.15) is 5.53 Å². The fraction of sp³-hybridized carbons (Fsp3) is 0.438. The van der Waals surface area contributed by atoms with Gasteiger partial charge in [0, 0.05) is 25.8 Å². The normalized spacial score (nSPS) is 19.3. The lowest BCUT2D eigenvalue weighted by Crippen LogP contribution is -2.31. The second kappa shape index (κ2) is 9.94. The van der Waals surface area contributed by atoms with Gasteiger partial charge in [0.1, 0.15) is 10.9 Å². The van der Waals surface area contributed by atoms with Crippen molar-refractivity contribution in [1.29, 1.82) is 0 Å². The SMILES string of the molecule is [NH2+]=NN=C1C=CC(=NCCCCCC(=O)ON2C(=O)CCC2=O)C([N+](=O)[O-])=C1. The van der Waals surface area contributed by atoms with E-state index in [1.54, 1.807) is 0 Å². The van der Waals surface area contributed by atoms with Crippen molar-refractivity contribution < 1.29 is 29.7 Å². The van der Waals surface area contributed by atoms with Gasteiger partial charge in [0.25, 0.3) is 17.5 Å². The third-order valence-corrected chi connectivity index (χ3v) is 3.85. The van der Waals surface area contributed by atoms with Gasteiger partial charge in [0.2, 0.25) is 5.71 Å². The molecule has 12 heteroatoms. The van der Waals surface area contributed by atoms with Gasteiger partial charge in [-0.15, -0.1) is 5.06 Å². The monoisotopic (exact) mass is 391 g/mol. The van der Waals surface area contributed by atoms with Crippen molar-refractivity contribution >= 4 is 29.2 Å². The molecular weight excluding hydrogens is 372 g/mol. The first-order valence-corrected chi connectivity index (χ1v) is 8.56. The number of hydrogen-bond donors (Lipinski definition) is 1. The van der Waals surface area contributed by atoms with Crippen LogP contribution in [0.15, 0.2) is 39.2 Å². The second-order valence-corrected chi connectivity index (χ2v) is 5.88. The molecule has 148 valence electrons. The molecule has 1 fully saturated rings. The topological polar surface area (TPSA) is 169 Å². The molecule has 28 heavy (non-hydrogen) atoms. The van der Waals surface area contributed by atoms with E-state index in [4.69, 9.17) is 10.4 Å². The Hall–Kier alpha value is -3.57. The van der Waals surface area contributed by atoms with Crippen LogP contribution in [0.2, 0.25) is 0 Å². The number of nitrogens with zero attached hydrogens (tertiary/aromatic N) is 5. The molecule has 0 aromatic rings. The highest BCUT2D eigenvalue weighted by atomic mass is 16.7. The van der Waals surface area contributed by atoms with Gasteiger partial charge >= 0.3 is 5.97 Å². The fourth-order valence-electron chi connectivity index (χ4n) is 2.48. The van der Waals surface area contributed by atoms with Crippen LogP contribution in [-0.2, 0) is 19.2 Å². The first-order chi connectivity index (χ1) is 13.4. The van der Waals surface area contributed by atoms with Crippen LogP contribution in [0, 0.1) is 10.1 Å². The summed E-state index contributed by atoms with van der Waals surface area (Å²) in [6.45, 7) is 0.330. The number of hydroxylamine groups is 2. The van der Waals surface area contributed by atoms with Crippen LogP contribution < -0.4 is 5.53 Å². The van der Waals surface area contributed by atoms with E-state index in [1.807, 2.05) is 0 Å². The molecule has 1 aliphatic carbocycles. The quantitative estimate of drug-likeness (QED) is 0.144. The van der Waals surface area contributed by atoms with Crippen LogP contribution in [0.1, 0.15) is 38.5 Å². The van der Waals surface area contributed by atoms with Crippen LogP contribution in [0.25, 0.3) is 0 Å². The highest BCUT2D eigenvalue weighted by Gasteiger charge is 2.32. The number of unbranched alkanes of at least 4 members (excludes halogenated alkanes) is 2. The largest absolute Gasteiger partial charge is 0.333 e. The molecule has 2 amide bonds. The van der Waals surface area contributed by atoms with E-state index in [9.17, 15) is 24.5 Å². The van der Waals surface area contributed by atoms with Gasteiger partial charge in [0.05, 0.1) is 16.1 Å². The lowest BCUT2D eigenvalue weighted by molar-refractivity contribution is -0.414. The van der Waals surface area contributed by atoms with Crippen LogP contribution >= 0.6 is 0 Å². The molecule has 1 heterocycles. The van der Waals surface area contributed by atoms with Crippen LogP contribution in [0.3, 0.4) is 0 Å². The maximum atomic E-state index is 11.7. The van der Waals surface area contributed by atoms with Crippen molar-refractivity contribution in [3.63, 3.8) is 0 Å². The molecule has 2 aliphatic rings. The molecule has 0 radical (unpaired) electrons. The fourth-order valence-corrected chi connectivity index (χ4v) is 2.48. The standard InChI is InChI=1S/C16H18N6O6/c17-20-19-11-5-6-12(13(10-11)22(26)27)18-9-3-1-2-4-16(25)28-21-14(23)7-8-15(21)24/h5-6,10,17H,1-4,7-9H2/p+1. The molecule has 2 rings (SSSR count). The average Bonchev–Trinajstić information content (AvgIpc) is 2.97. The lowest BCUT2D eigenvalue weighted by Gasteiger charge is -2.12. The molecule has 0 spiro atoms. The van der Waals surface area contributed by atoms with E-state index in [0.717, 1.165) is 0 Å². The highest BCUT2D eigenvalue weighted by Crippen LogP contribution is 2.14. The summed E-state index contributed by atoms with van der Waals surface area (Å²) in [5.41, 5.74) is 5.19. The zero-order valence-corrected chi connectivity index (χ0v) is 14.9. The Kier molecular flexibility index (Phi) is 7.37. The van der Waals surface area contributed by atoms with Gasteiger partial charge in [0.15, 0.2) is 0 Å². The van der Waals surface area contributed by atoms with E-state index < -0.39 is 22.7 Å². The number of carbonyl (C=O) groups is 3. The van der Waals surface area contributed by atoms with Crippen LogP contribution in [-0.4, -0.2) is 45.7 Å². The van der Waals surface area contributed by atoms with Crippen molar-refractivity contribution in [3.05, 3.63) is 34.0 Å². The zero-order chi connectivity index (χ0) is 20.5. The molecule has 0 aromatic carbocycles. The maximum absolute atomic E-state index is 11.7. The van der Waals surface area contributed by atoms with Crippen molar-refractivity contribution in [1.82, 2.24) is 5.06 Å². The van der Waals surface area contributed by atoms with E-state index in [2.05, 4.69) is 15.3 Å². The number of amides is 2. The van der Waals surface area contributed by atoms with Gasteiger partial charge < -0.3 is 4.84 Å². The molecule has 1 aliphatic heterocycles. The summed E-state index contributed by atoms with van der Waals surface area (Å²) in [5.74, 6) is -1.68. The first kappa shape index (κ1) is 20.7. The van der Waals surface area contributed by atoms with E-state index in [0.29, 0.717) is 30.9 Å². The van der Waals surface area contributed by atoms with Gasteiger partial charge in [-0.25, -0.2) is 4.79 Å². The Labute approximate surface area is 159 Å². The number of aliphatic imine (C=N–C) groups is 1. The average molecular weight is 391 g/mol. The summed E-state index contributed by atoms with van der Waals surface area (Å²) in [7, 11) is 0. The second-order valence-electron chi connectivity index (χ2n) is 5.88. The molecule has 2 N–H and O–H groups in total. The van der Waals surface area contributed by atoms with Crippen molar-refractivity contribution in [2.75, 3.05) is 6.54 Å². The van der Waals surface area contributed by atoms with E-state index in [1.165, 1.54) is 18.2 Å². The third kappa shape index (κ3) is 5.72. The minimum atomic E-state index is -0.652. The number of nitrogens with two attached hydrogens (primary N) is 1. The van der Waals surface area contributed by atoms with Crippen molar-refractivity contribution in [3.8, 4) is 0 Å². The lowest BCUT2D eigenvalue weighted by atomic mass is 10.1. The Morgan fingerprint density at radius 3 is 2.57 bits per heavy atom. The summed E-state index contributed by atoms with van der Waals surface area (Å²) in [6, 6.07) is 0. The molecule has 0 atom stereocenters. The van der Waals surface area contributed by atoms with Gasteiger partial charge in [-0.1, -0.05) is 6.42 Å². The number of imide groups is 1. The predicted octanol–water partition coefficient (Wildman–Crippen LogP) is -0.107. The van der Waals surface area contributed by atoms with Gasteiger partial charge in [-0.3, -0.25) is 24.7 Å². The molecular formula is C16H19N6O6+.